The first-order chi connectivity index (χ1) is 11.1. The van der Waals surface area contributed by atoms with Crippen LogP contribution in [0.5, 0.6) is 0 Å². The highest BCUT2D eigenvalue weighted by atomic mass is 16.5. The van der Waals surface area contributed by atoms with Gasteiger partial charge in [0.2, 0.25) is 0 Å². The molecule has 0 aliphatic heterocycles. The number of fused-ring (bicyclic) bond motifs is 2. The van der Waals surface area contributed by atoms with E-state index in [0.717, 1.165) is 26.1 Å². The standard InChI is InChI=1S/C21H27O2/c1-19-10-9-16-11-20(14-22-2,15-23-3)12-18(16)21(19,13-19)17-7-5-4-6-8-17/h4-9H,10-15H2,1-3H3/q+1. The van der Waals surface area contributed by atoms with Crippen molar-refractivity contribution in [3.63, 3.8) is 0 Å². The van der Waals surface area contributed by atoms with E-state index in [1.165, 1.54) is 18.4 Å². The van der Waals surface area contributed by atoms with E-state index >= 15 is 0 Å². The second-order valence-electron chi connectivity index (χ2n) is 8.14. The van der Waals surface area contributed by atoms with Crippen LogP contribution in [0, 0.1) is 17.3 Å². The SMILES string of the molecule is COCC1(COC)CC2=C(C1)C1(c3ccccc3)CC1(C)C[CH+]2. The summed E-state index contributed by atoms with van der Waals surface area (Å²) in [6.07, 6.45) is 7.22. The lowest BCUT2D eigenvalue weighted by Crippen LogP contribution is -2.30. The summed E-state index contributed by atoms with van der Waals surface area (Å²) in [6.45, 7) is 4.03. The molecule has 1 saturated carbocycles. The van der Waals surface area contributed by atoms with Crippen LogP contribution in [0.2, 0.25) is 0 Å². The van der Waals surface area contributed by atoms with Crippen LogP contribution in [-0.2, 0) is 14.9 Å². The summed E-state index contributed by atoms with van der Waals surface area (Å²) in [4.78, 5) is 0. The fourth-order valence-corrected chi connectivity index (χ4v) is 5.49. The van der Waals surface area contributed by atoms with Crippen molar-refractivity contribution in [1.29, 1.82) is 0 Å². The van der Waals surface area contributed by atoms with E-state index < -0.39 is 0 Å². The highest BCUT2D eigenvalue weighted by Crippen LogP contribution is 2.76. The topological polar surface area (TPSA) is 18.5 Å². The van der Waals surface area contributed by atoms with Crippen molar-refractivity contribution in [2.24, 2.45) is 10.8 Å². The Balaban J connectivity index is 1.74. The van der Waals surface area contributed by atoms with Gasteiger partial charge in [-0.15, -0.1) is 0 Å². The van der Waals surface area contributed by atoms with E-state index in [2.05, 4.69) is 43.7 Å². The third-order valence-electron chi connectivity index (χ3n) is 6.55. The van der Waals surface area contributed by atoms with Gasteiger partial charge in [-0.25, -0.2) is 0 Å². The van der Waals surface area contributed by atoms with Gasteiger partial charge >= 0.3 is 0 Å². The molecule has 0 spiro atoms. The fourth-order valence-electron chi connectivity index (χ4n) is 5.49. The Morgan fingerprint density at radius 2 is 1.74 bits per heavy atom. The van der Waals surface area contributed by atoms with Crippen molar-refractivity contribution in [3.8, 4) is 0 Å². The van der Waals surface area contributed by atoms with Gasteiger partial charge in [-0.2, -0.15) is 0 Å². The molecule has 0 amide bonds. The molecule has 2 nitrogen and oxygen atoms in total. The van der Waals surface area contributed by atoms with Crippen molar-refractivity contribution in [3.05, 3.63) is 53.5 Å². The minimum absolute atomic E-state index is 0.125. The van der Waals surface area contributed by atoms with Crippen molar-refractivity contribution in [1.82, 2.24) is 0 Å². The zero-order valence-electron chi connectivity index (χ0n) is 14.5. The molecule has 122 valence electrons. The fraction of sp³-hybridized carbons (Fsp3) is 0.571. The molecule has 1 aromatic carbocycles. The van der Waals surface area contributed by atoms with Gasteiger partial charge in [-0.05, 0) is 12.0 Å². The summed E-state index contributed by atoms with van der Waals surface area (Å²) < 4.78 is 11.2. The van der Waals surface area contributed by atoms with Crippen LogP contribution in [0.3, 0.4) is 0 Å². The molecule has 3 aliphatic carbocycles. The lowest BCUT2D eigenvalue weighted by molar-refractivity contribution is 0.0161. The van der Waals surface area contributed by atoms with Gasteiger partial charge < -0.3 is 9.47 Å². The molecule has 1 aromatic rings. The third kappa shape index (κ3) is 2.04. The number of hydrogen-bond donors (Lipinski definition) is 0. The Morgan fingerprint density at radius 1 is 1.04 bits per heavy atom. The molecular weight excluding hydrogens is 284 g/mol. The molecule has 4 rings (SSSR count). The molecule has 2 heteroatoms. The summed E-state index contributed by atoms with van der Waals surface area (Å²) in [5, 5.41) is 0. The smallest absolute Gasteiger partial charge is 0.107 e. The van der Waals surface area contributed by atoms with E-state index in [-0.39, 0.29) is 10.8 Å². The van der Waals surface area contributed by atoms with Gasteiger partial charge in [0.25, 0.3) is 0 Å². The lowest BCUT2D eigenvalue weighted by atomic mass is 9.72. The Labute approximate surface area is 139 Å². The van der Waals surface area contributed by atoms with Gasteiger partial charge in [-0.1, -0.05) is 37.3 Å². The van der Waals surface area contributed by atoms with Crippen LogP contribution in [0.1, 0.15) is 38.2 Å². The van der Waals surface area contributed by atoms with Gasteiger partial charge in [0.1, 0.15) is 5.57 Å². The van der Waals surface area contributed by atoms with Crippen LogP contribution < -0.4 is 0 Å². The first-order valence-electron chi connectivity index (χ1n) is 8.68. The maximum atomic E-state index is 5.58. The summed E-state index contributed by atoms with van der Waals surface area (Å²) in [6, 6.07) is 11.2. The molecule has 0 saturated heterocycles. The molecule has 1 fully saturated rings. The van der Waals surface area contributed by atoms with Crippen LogP contribution in [0.4, 0.5) is 0 Å². The van der Waals surface area contributed by atoms with Crippen LogP contribution >= 0.6 is 0 Å². The third-order valence-corrected chi connectivity index (χ3v) is 6.55. The zero-order valence-corrected chi connectivity index (χ0v) is 14.5. The largest absolute Gasteiger partial charge is 0.384 e. The Kier molecular flexibility index (Phi) is 3.40. The monoisotopic (exact) mass is 311 g/mol. The molecule has 0 heterocycles. The molecule has 0 bridgehead atoms. The summed E-state index contributed by atoms with van der Waals surface area (Å²) >= 11 is 0. The van der Waals surface area contributed by atoms with Gasteiger partial charge in [-0.3, -0.25) is 0 Å². The predicted molar refractivity (Wildman–Crippen MR) is 92.2 cm³/mol. The maximum absolute atomic E-state index is 5.58. The molecule has 2 atom stereocenters. The van der Waals surface area contributed by atoms with Crippen molar-refractivity contribution >= 4 is 0 Å². The highest BCUT2D eigenvalue weighted by molar-refractivity contribution is 5.56. The van der Waals surface area contributed by atoms with E-state index in [1.807, 2.05) is 14.2 Å². The Morgan fingerprint density at radius 3 is 2.39 bits per heavy atom. The van der Waals surface area contributed by atoms with Crippen LogP contribution in [-0.4, -0.2) is 27.4 Å². The van der Waals surface area contributed by atoms with Gasteiger partial charge in [0.05, 0.1) is 24.2 Å². The first-order valence-corrected chi connectivity index (χ1v) is 8.68. The summed E-state index contributed by atoms with van der Waals surface area (Å²) in [7, 11) is 3.62. The van der Waals surface area contributed by atoms with E-state index in [1.54, 1.807) is 11.1 Å². The van der Waals surface area contributed by atoms with Crippen molar-refractivity contribution in [2.45, 2.75) is 38.0 Å². The molecule has 0 aromatic heterocycles. The quantitative estimate of drug-likeness (QED) is 0.754. The predicted octanol–water partition coefficient (Wildman–Crippen LogP) is 4.31. The minimum Gasteiger partial charge on any atom is -0.384 e. The summed E-state index contributed by atoms with van der Waals surface area (Å²) in [5.74, 6) is 0. The number of rotatable bonds is 5. The number of ether oxygens (including phenoxy) is 2. The zero-order chi connectivity index (χ0) is 16.1. The molecule has 3 aliphatic rings. The number of methoxy groups -OCH3 is 2. The van der Waals surface area contributed by atoms with Crippen LogP contribution in [0.25, 0.3) is 0 Å². The number of allylic oxidation sites excluding steroid dienone is 2. The molecule has 23 heavy (non-hydrogen) atoms. The Hall–Kier alpha value is -1.25. The second kappa shape index (κ2) is 5.12. The van der Waals surface area contributed by atoms with Gasteiger partial charge in [0.15, 0.2) is 0 Å². The second-order valence-corrected chi connectivity index (χ2v) is 8.14. The average molecular weight is 311 g/mol. The first kappa shape index (κ1) is 15.3. The maximum Gasteiger partial charge on any atom is 0.107 e. The molecular formula is C21H27O2+. The van der Waals surface area contributed by atoms with E-state index in [0.29, 0.717) is 5.41 Å². The van der Waals surface area contributed by atoms with Crippen LogP contribution in [0.15, 0.2) is 41.5 Å². The van der Waals surface area contributed by atoms with E-state index in [9.17, 15) is 0 Å². The van der Waals surface area contributed by atoms with Crippen molar-refractivity contribution in [2.75, 3.05) is 27.4 Å². The normalized spacial score (nSPS) is 33.9. The number of benzene rings is 1. The minimum atomic E-state index is 0.125. The van der Waals surface area contributed by atoms with E-state index in [4.69, 9.17) is 9.47 Å². The lowest BCUT2D eigenvalue weighted by Gasteiger charge is -2.27. The summed E-state index contributed by atoms with van der Waals surface area (Å²) in [5.41, 5.74) is 5.56. The van der Waals surface area contributed by atoms with Gasteiger partial charge in [0, 0.05) is 50.7 Å². The highest BCUT2D eigenvalue weighted by Gasteiger charge is 2.75. The number of hydrogen-bond acceptors (Lipinski definition) is 2. The molecule has 0 radical (unpaired) electrons. The Bertz CT molecular complexity index is 627. The van der Waals surface area contributed by atoms with Crippen molar-refractivity contribution < 1.29 is 9.47 Å². The molecule has 0 N–H and O–H groups in total. The average Bonchev–Trinajstić information content (AvgIpc) is 3.04. The molecule has 2 unspecified atom stereocenters.